The van der Waals surface area contributed by atoms with Crippen LogP contribution in [-0.4, -0.2) is 21.0 Å². The lowest BCUT2D eigenvalue weighted by Gasteiger charge is -2.09. The van der Waals surface area contributed by atoms with Gasteiger partial charge in [-0.25, -0.2) is 9.97 Å². The first-order chi connectivity index (χ1) is 8.77. The molecule has 7 heteroatoms. The van der Waals surface area contributed by atoms with Gasteiger partial charge in [0.15, 0.2) is 0 Å². The first-order valence-electron chi connectivity index (χ1n) is 5.33. The fraction of sp³-hybridized carbons (Fsp3) is 0.250. The van der Waals surface area contributed by atoms with E-state index >= 15 is 0 Å². The molecule has 1 heterocycles. The molecule has 0 atom stereocenters. The predicted molar refractivity (Wildman–Crippen MR) is 60.6 cm³/mol. The van der Waals surface area contributed by atoms with Crippen LogP contribution >= 0.6 is 0 Å². The second-order valence-electron chi connectivity index (χ2n) is 4.03. The molecule has 4 nitrogen and oxygen atoms in total. The van der Waals surface area contributed by atoms with E-state index in [0.29, 0.717) is 11.2 Å². The maximum absolute atomic E-state index is 12.6. The number of halogens is 3. The van der Waals surface area contributed by atoms with E-state index in [1.165, 1.54) is 13.0 Å². The van der Waals surface area contributed by atoms with Crippen molar-refractivity contribution in [3.8, 4) is 0 Å². The second-order valence-corrected chi connectivity index (χ2v) is 4.03. The number of hydrogen-bond donors (Lipinski definition) is 1. The summed E-state index contributed by atoms with van der Waals surface area (Å²) in [5.74, 6) is -1.01. The number of hydrogen-bond acceptors (Lipinski definition) is 3. The highest BCUT2D eigenvalue weighted by Crippen LogP contribution is 2.31. The third-order valence-electron chi connectivity index (χ3n) is 2.57. The van der Waals surface area contributed by atoms with Crippen LogP contribution in [0.1, 0.15) is 17.1 Å². The first-order valence-corrected chi connectivity index (χ1v) is 5.33. The van der Waals surface area contributed by atoms with E-state index in [-0.39, 0.29) is 17.6 Å². The number of aromatic nitrogens is 2. The number of benzene rings is 1. The summed E-state index contributed by atoms with van der Waals surface area (Å²) in [6, 6.07) is 3.10. The van der Waals surface area contributed by atoms with E-state index in [1.54, 1.807) is 0 Å². The molecule has 0 aliphatic rings. The highest BCUT2D eigenvalue weighted by molar-refractivity contribution is 5.82. The van der Waals surface area contributed by atoms with Crippen molar-refractivity contribution in [2.45, 2.75) is 19.5 Å². The maximum atomic E-state index is 12.6. The van der Waals surface area contributed by atoms with Gasteiger partial charge in [-0.1, -0.05) is 0 Å². The number of fused-ring (bicyclic) bond motifs is 1. The van der Waals surface area contributed by atoms with E-state index < -0.39 is 17.7 Å². The van der Waals surface area contributed by atoms with Crippen LogP contribution in [0.4, 0.5) is 13.2 Å². The zero-order chi connectivity index (χ0) is 14.2. The zero-order valence-corrected chi connectivity index (χ0v) is 9.82. The summed E-state index contributed by atoms with van der Waals surface area (Å²) in [5.41, 5.74) is -0.151. The Labute approximate surface area is 105 Å². The van der Waals surface area contributed by atoms with Crippen molar-refractivity contribution < 1.29 is 23.1 Å². The predicted octanol–water partition coefficient (Wildman–Crippen LogP) is 2.58. The van der Waals surface area contributed by atoms with Gasteiger partial charge in [0, 0.05) is 11.1 Å². The minimum absolute atomic E-state index is 0.0808. The number of rotatable bonds is 2. The van der Waals surface area contributed by atoms with E-state index in [2.05, 4.69) is 9.97 Å². The van der Waals surface area contributed by atoms with Gasteiger partial charge in [0.2, 0.25) is 0 Å². The molecule has 0 amide bonds. The van der Waals surface area contributed by atoms with Gasteiger partial charge in [-0.15, -0.1) is 0 Å². The third-order valence-corrected chi connectivity index (χ3v) is 2.57. The number of alkyl halides is 3. The van der Waals surface area contributed by atoms with Crippen LogP contribution in [0.3, 0.4) is 0 Å². The van der Waals surface area contributed by atoms with Crippen molar-refractivity contribution >= 4 is 16.9 Å². The van der Waals surface area contributed by atoms with Crippen molar-refractivity contribution in [3.05, 3.63) is 35.3 Å². The third kappa shape index (κ3) is 2.81. The number of nitrogens with zero attached hydrogens (tertiary/aromatic N) is 2. The molecule has 0 aliphatic heterocycles. The topological polar surface area (TPSA) is 63.1 Å². The Bertz CT molecular complexity index is 653. The fourth-order valence-electron chi connectivity index (χ4n) is 1.73. The van der Waals surface area contributed by atoms with Crippen molar-refractivity contribution in [1.82, 2.24) is 9.97 Å². The number of carbonyl (C=O) groups is 1. The van der Waals surface area contributed by atoms with Gasteiger partial charge in [0.05, 0.1) is 11.1 Å². The molecular weight excluding hydrogens is 261 g/mol. The zero-order valence-electron chi connectivity index (χ0n) is 9.82. The summed E-state index contributed by atoms with van der Waals surface area (Å²) in [7, 11) is 0. The molecule has 0 unspecified atom stereocenters. The smallest absolute Gasteiger partial charge is 0.416 e. The van der Waals surface area contributed by atoms with Crippen LogP contribution in [0.15, 0.2) is 18.2 Å². The monoisotopic (exact) mass is 270 g/mol. The number of aryl methyl sites for hydroxylation is 1. The number of carboxylic acid groups (broad SMARTS) is 1. The molecule has 2 aromatic rings. The highest BCUT2D eigenvalue weighted by atomic mass is 19.4. The quantitative estimate of drug-likeness (QED) is 0.911. The van der Waals surface area contributed by atoms with Crippen molar-refractivity contribution in [1.29, 1.82) is 0 Å². The highest BCUT2D eigenvalue weighted by Gasteiger charge is 2.30. The van der Waals surface area contributed by atoms with Crippen LogP contribution in [0.2, 0.25) is 0 Å². The molecule has 0 radical (unpaired) electrons. The van der Waals surface area contributed by atoms with Crippen molar-refractivity contribution in [3.63, 3.8) is 0 Å². The Kier molecular flexibility index (Phi) is 3.13. The van der Waals surface area contributed by atoms with Gasteiger partial charge in [0.25, 0.3) is 0 Å². The molecule has 0 saturated carbocycles. The Hall–Kier alpha value is -2.18. The molecule has 1 N–H and O–H groups in total. The molecule has 2 rings (SSSR count). The number of aliphatic carboxylic acids is 1. The minimum atomic E-state index is -4.43. The summed E-state index contributed by atoms with van der Waals surface area (Å²) < 4.78 is 37.7. The fourth-order valence-corrected chi connectivity index (χ4v) is 1.73. The van der Waals surface area contributed by atoms with E-state index in [1.807, 2.05) is 0 Å². The van der Waals surface area contributed by atoms with Crippen molar-refractivity contribution in [2.24, 2.45) is 0 Å². The standard InChI is InChI=1S/C12H9F3N2O2/c1-6-8-4-7(12(13,14)15)2-3-9(8)17-10(16-6)5-11(18)19/h2-4H,5H2,1H3,(H,18,19). The molecule has 0 bridgehead atoms. The van der Waals surface area contributed by atoms with Gasteiger partial charge in [-0.2, -0.15) is 13.2 Å². The molecule has 0 aliphatic carbocycles. The molecule has 100 valence electrons. The van der Waals surface area contributed by atoms with Crippen LogP contribution < -0.4 is 0 Å². The van der Waals surface area contributed by atoms with Gasteiger partial charge >= 0.3 is 12.1 Å². The molecule has 0 fully saturated rings. The summed E-state index contributed by atoms with van der Waals surface area (Å²) in [6.07, 6.45) is -4.79. The molecule has 1 aromatic heterocycles. The van der Waals surface area contributed by atoms with Gasteiger partial charge < -0.3 is 5.11 Å². The second kappa shape index (κ2) is 4.49. The van der Waals surface area contributed by atoms with Crippen LogP contribution in [0.5, 0.6) is 0 Å². The Morgan fingerprint density at radius 2 is 2.00 bits per heavy atom. The Balaban J connectivity index is 2.57. The largest absolute Gasteiger partial charge is 0.481 e. The summed E-state index contributed by atoms with van der Waals surface area (Å²) >= 11 is 0. The SMILES string of the molecule is Cc1nc(CC(=O)O)nc2ccc(C(F)(F)F)cc12. The van der Waals surface area contributed by atoms with Gasteiger partial charge in [-0.3, -0.25) is 4.79 Å². The molecule has 0 spiro atoms. The van der Waals surface area contributed by atoms with Gasteiger partial charge in [-0.05, 0) is 25.1 Å². The molecule has 19 heavy (non-hydrogen) atoms. The average Bonchev–Trinajstić information content (AvgIpc) is 2.26. The van der Waals surface area contributed by atoms with Crippen LogP contribution in [-0.2, 0) is 17.4 Å². The Morgan fingerprint density at radius 3 is 2.58 bits per heavy atom. The summed E-state index contributed by atoms with van der Waals surface area (Å²) in [6.45, 7) is 1.52. The lowest BCUT2D eigenvalue weighted by molar-refractivity contribution is -0.138. The lowest BCUT2D eigenvalue weighted by Crippen LogP contribution is -2.08. The maximum Gasteiger partial charge on any atom is 0.416 e. The summed E-state index contributed by atoms with van der Waals surface area (Å²) in [5, 5.41) is 8.92. The van der Waals surface area contributed by atoms with Crippen LogP contribution in [0.25, 0.3) is 10.9 Å². The minimum Gasteiger partial charge on any atom is -0.481 e. The van der Waals surface area contributed by atoms with Gasteiger partial charge in [0.1, 0.15) is 12.2 Å². The lowest BCUT2D eigenvalue weighted by atomic mass is 10.1. The van der Waals surface area contributed by atoms with Crippen LogP contribution in [0, 0.1) is 6.92 Å². The molecular formula is C12H9F3N2O2. The Morgan fingerprint density at radius 1 is 1.32 bits per heavy atom. The van der Waals surface area contributed by atoms with E-state index in [9.17, 15) is 18.0 Å². The van der Waals surface area contributed by atoms with E-state index in [0.717, 1.165) is 12.1 Å². The van der Waals surface area contributed by atoms with E-state index in [4.69, 9.17) is 5.11 Å². The molecule has 1 aromatic carbocycles. The summed E-state index contributed by atoms with van der Waals surface area (Å²) in [4.78, 5) is 18.4. The van der Waals surface area contributed by atoms with Crippen molar-refractivity contribution in [2.75, 3.05) is 0 Å². The average molecular weight is 270 g/mol. The molecule has 0 saturated heterocycles. The number of carboxylic acids is 1. The normalized spacial score (nSPS) is 11.8. The first kappa shape index (κ1) is 13.3.